The van der Waals surface area contributed by atoms with E-state index in [4.69, 9.17) is 0 Å². The van der Waals surface area contributed by atoms with Gasteiger partial charge in [0.05, 0.1) is 0 Å². The molecule has 6 atom stereocenters. The Balaban J connectivity index is 3.80. The molecule has 0 aromatic carbocycles. The van der Waals surface area contributed by atoms with Gasteiger partial charge in [0.2, 0.25) is 0 Å². The molecule has 0 aromatic heterocycles. The quantitative estimate of drug-likeness (QED) is 0.345. The molecule has 6 N–H and O–H groups in total. The van der Waals surface area contributed by atoms with Crippen LogP contribution in [0.25, 0.3) is 0 Å². The Kier molecular flexibility index (Phi) is 5.98. The molecule has 0 radical (unpaired) electrons. The molecular weight excluding hydrogens is 312 g/mol. The molecule has 0 saturated heterocycles. The summed E-state index contributed by atoms with van der Waals surface area (Å²) >= 11 is 0. The second kappa shape index (κ2) is 6.92. The van der Waals surface area contributed by atoms with Gasteiger partial charge in [-0.3, -0.25) is 0 Å². The van der Waals surface area contributed by atoms with Crippen LogP contribution in [0.4, 0.5) is 0 Å². The van der Waals surface area contributed by atoms with Crippen molar-refractivity contribution >= 4 is 0 Å². The summed E-state index contributed by atoms with van der Waals surface area (Å²) in [5, 5.41) is 65.6. The first-order chi connectivity index (χ1) is 11.1. The zero-order valence-corrected chi connectivity index (χ0v) is 13.8. The highest BCUT2D eigenvalue weighted by atomic mass is 16.5. The minimum absolute atomic E-state index is 0.334. The molecule has 1 fully saturated rings. The Morgan fingerprint density at radius 1 is 0.583 bits per heavy atom. The lowest BCUT2D eigenvalue weighted by Crippen LogP contribution is -2.87. The molecular formula is C18H28O6. The van der Waals surface area contributed by atoms with E-state index < -0.39 is 34.6 Å². The van der Waals surface area contributed by atoms with Crippen LogP contribution in [0, 0.1) is 0 Å². The van der Waals surface area contributed by atoms with E-state index in [-0.39, 0.29) is 25.7 Å². The highest BCUT2D eigenvalue weighted by molar-refractivity contribution is 5.31. The van der Waals surface area contributed by atoms with Crippen molar-refractivity contribution in [1.82, 2.24) is 0 Å². The van der Waals surface area contributed by atoms with Gasteiger partial charge in [-0.05, 0) is 25.7 Å². The number of hydrogen-bond donors (Lipinski definition) is 6. The van der Waals surface area contributed by atoms with Crippen molar-refractivity contribution in [3.63, 3.8) is 0 Å². The molecule has 0 bridgehead atoms. The molecule has 0 aliphatic heterocycles. The van der Waals surface area contributed by atoms with Crippen LogP contribution in [0.2, 0.25) is 0 Å². The summed E-state index contributed by atoms with van der Waals surface area (Å²) in [6.07, 6.45) is -0.284. The Morgan fingerprint density at radius 2 is 0.833 bits per heavy atom. The number of rotatable bonds is 8. The Morgan fingerprint density at radius 3 is 1.04 bits per heavy atom. The van der Waals surface area contributed by atoms with Crippen LogP contribution in [-0.2, 0) is 0 Å². The van der Waals surface area contributed by atoms with Crippen molar-refractivity contribution in [3.8, 4) is 0 Å². The average molecular weight is 340 g/mol. The average Bonchev–Trinajstić information content (AvgIpc) is 2.52. The molecule has 24 heavy (non-hydrogen) atoms. The molecule has 0 amide bonds. The topological polar surface area (TPSA) is 121 Å². The minimum atomic E-state index is -2.43. The van der Waals surface area contributed by atoms with Crippen molar-refractivity contribution in [1.29, 1.82) is 0 Å². The second-order valence-corrected chi connectivity index (χ2v) is 6.43. The minimum Gasteiger partial charge on any atom is -0.387 e. The molecule has 1 aliphatic carbocycles. The van der Waals surface area contributed by atoms with Gasteiger partial charge in [0.15, 0.2) is 0 Å². The molecule has 136 valence electrons. The van der Waals surface area contributed by atoms with Gasteiger partial charge in [-0.15, -0.1) is 26.3 Å². The van der Waals surface area contributed by atoms with Crippen LogP contribution >= 0.6 is 0 Å². The lowest BCUT2D eigenvalue weighted by molar-refractivity contribution is -0.378. The molecule has 0 spiro atoms. The molecule has 0 unspecified atom stereocenters. The van der Waals surface area contributed by atoms with Crippen LogP contribution in [0.5, 0.6) is 0 Å². The molecule has 6 heteroatoms. The molecule has 1 saturated carbocycles. The van der Waals surface area contributed by atoms with E-state index in [0.717, 1.165) is 0 Å². The zero-order valence-electron chi connectivity index (χ0n) is 13.8. The lowest BCUT2D eigenvalue weighted by atomic mass is 9.50. The molecule has 1 aliphatic rings. The fraction of sp³-hybridized carbons (Fsp3) is 0.556. The van der Waals surface area contributed by atoms with Crippen LogP contribution in [0.1, 0.15) is 25.7 Å². The maximum absolute atomic E-state index is 11.3. The van der Waals surface area contributed by atoms with E-state index >= 15 is 0 Å². The molecule has 1 rings (SSSR count). The number of hydrogen-bond acceptors (Lipinski definition) is 6. The summed E-state index contributed by atoms with van der Waals surface area (Å²) in [5.41, 5.74) is -9.60. The van der Waals surface area contributed by atoms with Crippen LogP contribution in [-0.4, -0.2) is 65.3 Å². The van der Waals surface area contributed by atoms with Gasteiger partial charge in [-0.1, -0.05) is 24.3 Å². The SMILES string of the molecule is C=CC[C@@]1(O)[C@](O)(CC=C)[C@](O)(CC=C)[C@@H](O)[C@@H](O)[C@@]1(O)CC=C. The maximum Gasteiger partial charge on any atom is 0.131 e. The predicted octanol–water partition coefficient (Wildman–Crippen LogP) is -0.0494. The van der Waals surface area contributed by atoms with E-state index in [1.54, 1.807) is 0 Å². The summed E-state index contributed by atoms with van der Waals surface area (Å²) in [5.74, 6) is 0. The summed E-state index contributed by atoms with van der Waals surface area (Å²) in [6, 6.07) is 0. The number of aliphatic hydroxyl groups excluding tert-OH is 2. The number of aliphatic hydroxyl groups is 6. The maximum atomic E-state index is 11.3. The third-order valence-electron chi connectivity index (χ3n) is 5.18. The Bertz CT molecular complexity index is 474. The summed E-state index contributed by atoms with van der Waals surface area (Å²) in [7, 11) is 0. The lowest BCUT2D eigenvalue weighted by Gasteiger charge is -2.65. The first-order valence-corrected chi connectivity index (χ1v) is 7.75. The second-order valence-electron chi connectivity index (χ2n) is 6.43. The largest absolute Gasteiger partial charge is 0.387 e. The Labute approximate surface area is 142 Å². The fourth-order valence-electron chi connectivity index (χ4n) is 3.86. The van der Waals surface area contributed by atoms with E-state index in [2.05, 4.69) is 26.3 Å². The summed E-state index contributed by atoms with van der Waals surface area (Å²) in [6.45, 7) is 14.0. The van der Waals surface area contributed by atoms with E-state index in [1.165, 1.54) is 24.3 Å². The Hall–Kier alpha value is -1.28. The van der Waals surface area contributed by atoms with E-state index in [9.17, 15) is 30.6 Å². The van der Waals surface area contributed by atoms with Crippen LogP contribution in [0.15, 0.2) is 50.6 Å². The van der Waals surface area contributed by atoms with Gasteiger partial charge >= 0.3 is 0 Å². The van der Waals surface area contributed by atoms with E-state index in [0.29, 0.717) is 0 Å². The van der Waals surface area contributed by atoms with Crippen molar-refractivity contribution in [2.75, 3.05) is 0 Å². The molecule has 6 nitrogen and oxygen atoms in total. The third kappa shape index (κ3) is 2.42. The van der Waals surface area contributed by atoms with Gasteiger partial charge in [0.25, 0.3) is 0 Å². The van der Waals surface area contributed by atoms with Crippen LogP contribution < -0.4 is 0 Å². The third-order valence-corrected chi connectivity index (χ3v) is 5.18. The normalized spacial score (nSPS) is 45.4. The van der Waals surface area contributed by atoms with Crippen LogP contribution in [0.3, 0.4) is 0 Å². The highest BCUT2D eigenvalue weighted by Crippen LogP contribution is 2.55. The van der Waals surface area contributed by atoms with Gasteiger partial charge in [-0.2, -0.15) is 0 Å². The summed E-state index contributed by atoms with van der Waals surface area (Å²) < 4.78 is 0. The zero-order chi connectivity index (χ0) is 18.8. The molecule has 0 aromatic rings. The highest BCUT2D eigenvalue weighted by Gasteiger charge is 2.77. The van der Waals surface area contributed by atoms with Gasteiger partial charge in [-0.25, -0.2) is 0 Å². The first kappa shape index (κ1) is 20.8. The van der Waals surface area contributed by atoms with E-state index in [1.807, 2.05) is 0 Å². The van der Waals surface area contributed by atoms with Crippen molar-refractivity contribution in [2.45, 2.75) is 60.3 Å². The first-order valence-electron chi connectivity index (χ1n) is 7.75. The van der Waals surface area contributed by atoms with Gasteiger partial charge in [0, 0.05) is 0 Å². The standard InChI is InChI=1S/C18H28O6/c1-5-9-15(21)13(19)14(20)16(22,10-6-2)18(24,12-8-4)17(15,23)11-7-3/h5-8,13-14,19-24H,1-4,9-12H2/t13-,14+,15-,16-,17-,18-/m0/s1. The van der Waals surface area contributed by atoms with Crippen molar-refractivity contribution in [2.24, 2.45) is 0 Å². The smallest absolute Gasteiger partial charge is 0.131 e. The van der Waals surface area contributed by atoms with Gasteiger partial charge < -0.3 is 30.6 Å². The molecule has 0 heterocycles. The predicted molar refractivity (Wildman–Crippen MR) is 91.1 cm³/mol. The van der Waals surface area contributed by atoms with Gasteiger partial charge in [0.1, 0.15) is 34.6 Å². The summed E-state index contributed by atoms with van der Waals surface area (Å²) in [4.78, 5) is 0. The fourth-order valence-corrected chi connectivity index (χ4v) is 3.86. The van der Waals surface area contributed by atoms with Crippen molar-refractivity contribution in [3.05, 3.63) is 50.6 Å². The monoisotopic (exact) mass is 340 g/mol. The van der Waals surface area contributed by atoms with Crippen molar-refractivity contribution < 1.29 is 30.6 Å².